The number of aliphatic carboxylic acids is 1. The summed E-state index contributed by atoms with van der Waals surface area (Å²) in [5.74, 6) is -1.02. The summed E-state index contributed by atoms with van der Waals surface area (Å²) in [6, 6.07) is 19.0. The molecule has 0 atom stereocenters. The predicted octanol–water partition coefficient (Wildman–Crippen LogP) is 3.40. The summed E-state index contributed by atoms with van der Waals surface area (Å²) in [5, 5.41) is 25.0. The second-order valence-electron chi connectivity index (χ2n) is 4.91. The zero-order valence-corrected chi connectivity index (χ0v) is 12.4. The number of carboxylic acid groups (broad SMARTS) is 1. The van der Waals surface area contributed by atoms with Crippen LogP contribution < -0.4 is 0 Å². The zero-order valence-electron chi connectivity index (χ0n) is 12.4. The van der Waals surface area contributed by atoms with Crippen molar-refractivity contribution in [2.45, 2.75) is 0 Å². The molecular weight excluding hydrogens is 306 g/mol. The van der Waals surface area contributed by atoms with Gasteiger partial charge in [0.2, 0.25) is 0 Å². The summed E-state index contributed by atoms with van der Waals surface area (Å²) in [6.07, 6.45) is 1.14. The van der Waals surface area contributed by atoms with Crippen LogP contribution in [-0.4, -0.2) is 21.4 Å². The van der Waals surface area contributed by atoms with E-state index < -0.39 is 11.5 Å². The number of carboxylic acids is 1. The molecule has 2 aromatic carbocycles. The summed E-state index contributed by atoms with van der Waals surface area (Å²) in [6.45, 7) is 0. The second kappa shape index (κ2) is 6.58. The van der Waals surface area contributed by atoms with Crippen molar-refractivity contribution in [2.75, 3.05) is 0 Å². The minimum absolute atomic E-state index is 0.196. The Morgan fingerprint density at radius 2 is 1.67 bits per heavy atom. The minimum Gasteiger partial charge on any atom is -0.477 e. The maximum Gasteiger partial charge on any atom is 0.346 e. The third-order valence-corrected chi connectivity index (χ3v) is 3.40. The van der Waals surface area contributed by atoms with Crippen molar-refractivity contribution in [3.05, 3.63) is 65.9 Å². The summed E-state index contributed by atoms with van der Waals surface area (Å²) >= 11 is 0. The fourth-order valence-corrected chi connectivity index (χ4v) is 2.22. The van der Waals surface area contributed by atoms with Gasteiger partial charge >= 0.3 is 5.97 Å². The van der Waals surface area contributed by atoms with E-state index in [4.69, 9.17) is 14.9 Å². The van der Waals surface area contributed by atoms with E-state index in [1.165, 1.54) is 0 Å². The summed E-state index contributed by atoms with van der Waals surface area (Å²) in [4.78, 5) is 10.9. The number of hydrogen-bond donors (Lipinski definition) is 1. The van der Waals surface area contributed by atoms with Gasteiger partial charge in [-0.15, -0.1) is 5.10 Å². The van der Waals surface area contributed by atoms with Crippen molar-refractivity contribution in [3.63, 3.8) is 0 Å². The van der Waals surface area contributed by atoms with Crippen molar-refractivity contribution < 1.29 is 14.4 Å². The highest BCUT2D eigenvalue weighted by molar-refractivity contribution is 5.97. The first-order valence-corrected chi connectivity index (χ1v) is 7.02. The van der Waals surface area contributed by atoms with Crippen molar-refractivity contribution >= 4 is 12.0 Å². The van der Waals surface area contributed by atoms with Gasteiger partial charge in [-0.3, -0.25) is 0 Å². The van der Waals surface area contributed by atoms with E-state index in [1.807, 2.05) is 54.6 Å². The van der Waals surface area contributed by atoms with Crippen LogP contribution in [0.1, 0.15) is 5.69 Å². The van der Waals surface area contributed by atoms with Crippen molar-refractivity contribution in [1.29, 1.82) is 5.26 Å². The van der Waals surface area contributed by atoms with Gasteiger partial charge in [0.05, 0.1) is 0 Å². The molecule has 24 heavy (non-hydrogen) atoms. The Balaban J connectivity index is 1.96. The first kappa shape index (κ1) is 15.2. The summed E-state index contributed by atoms with van der Waals surface area (Å²) < 4.78 is 5.11. The number of nitrogens with zero attached hydrogens (tertiary/aromatic N) is 3. The van der Waals surface area contributed by atoms with Gasteiger partial charge in [0.15, 0.2) is 5.76 Å². The highest BCUT2D eigenvalue weighted by Crippen LogP contribution is 2.27. The average Bonchev–Trinajstić information content (AvgIpc) is 3.08. The van der Waals surface area contributed by atoms with E-state index in [1.54, 1.807) is 6.07 Å². The van der Waals surface area contributed by atoms with Crippen LogP contribution in [0.5, 0.6) is 0 Å². The van der Waals surface area contributed by atoms with Crippen molar-refractivity contribution in [1.82, 2.24) is 10.4 Å². The number of aromatic nitrogens is 2. The molecule has 6 nitrogen and oxygen atoms in total. The molecule has 0 aliphatic rings. The lowest BCUT2D eigenvalue weighted by Gasteiger charge is -2.02. The Morgan fingerprint density at radius 1 is 1.04 bits per heavy atom. The van der Waals surface area contributed by atoms with Crippen LogP contribution in [-0.2, 0) is 4.79 Å². The van der Waals surface area contributed by atoms with E-state index in [0.717, 1.165) is 17.2 Å². The molecule has 3 aromatic rings. The molecule has 0 radical (unpaired) electrons. The molecule has 0 saturated heterocycles. The predicted molar refractivity (Wildman–Crippen MR) is 86.4 cm³/mol. The summed E-state index contributed by atoms with van der Waals surface area (Å²) in [7, 11) is 0. The van der Waals surface area contributed by atoms with Crippen LogP contribution in [0, 0.1) is 11.3 Å². The molecule has 0 saturated carbocycles. The zero-order chi connectivity index (χ0) is 16.9. The lowest BCUT2D eigenvalue weighted by molar-refractivity contribution is -0.132. The fraction of sp³-hybridized carbons (Fsp3) is 0. The SMILES string of the molecule is N#CC(=Cc1nnoc1-c1ccc(-c2ccccc2)cc1)C(=O)O. The molecule has 6 heteroatoms. The minimum atomic E-state index is -1.33. The van der Waals surface area contributed by atoms with E-state index in [9.17, 15) is 4.79 Å². The Kier molecular flexibility index (Phi) is 4.17. The monoisotopic (exact) mass is 317 g/mol. The van der Waals surface area contributed by atoms with Gasteiger partial charge in [0.25, 0.3) is 0 Å². The number of carbonyl (C=O) groups is 1. The lowest BCUT2D eigenvalue weighted by atomic mass is 10.0. The topological polar surface area (TPSA) is 100 Å². The van der Waals surface area contributed by atoms with Crippen molar-refractivity contribution in [3.8, 4) is 28.5 Å². The maximum atomic E-state index is 10.9. The number of benzene rings is 2. The quantitative estimate of drug-likeness (QED) is 0.584. The van der Waals surface area contributed by atoms with Crippen LogP contribution in [0.25, 0.3) is 28.5 Å². The first-order valence-electron chi connectivity index (χ1n) is 7.02. The lowest BCUT2D eigenvalue weighted by Crippen LogP contribution is -1.97. The summed E-state index contributed by atoms with van der Waals surface area (Å²) in [5.41, 5.74) is 2.56. The Morgan fingerprint density at radius 3 is 2.29 bits per heavy atom. The molecule has 0 bridgehead atoms. The maximum absolute atomic E-state index is 10.9. The third-order valence-electron chi connectivity index (χ3n) is 3.40. The van der Waals surface area contributed by atoms with E-state index in [2.05, 4.69) is 10.4 Å². The van der Waals surface area contributed by atoms with E-state index >= 15 is 0 Å². The highest BCUT2D eigenvalue weighted by atomic mass is 16.5. The smallest absolute Gasteiger partial charge is 0.346 e. The standard InChI is InChI=1S/C18H11N3O3/c19-11-15(18(22)23)10-16-17(24-21-20-16)14-8-6-13(7-9-14)12-4-2-1-3-5-12/h1-10H,(H,22,23). The largest absolute Gasteiger partial charge is 0.477 e. The Bertz CT molecular complexity index is 936. The van der Waals surface area contributed by atoms with Gasteiger partial charge < -0.3 is 9.63 Å². The molecular formula is C18H11N3O3. The van der Waals surface area contributed by atoms with Gasteiger partial charge in [-0.2, -0.15) is 5.26 Å². The molecule has 0 unspecified atom stereocenters. The van der Waals surface area contributed by atoms with Gasteiger partial charge in [-0.05, 0) is 17.2 Å². The molecule has 0 aliphatic heterocycles. The van der Waals surface area contributed by atoms with Crippen LogP contribution in [0.3, 0.4) is 0 Å². The second-order valence-corrected chi connectivity index (χ2v) is 4.91. The van der Waals surface area contributed by atoms with Crippen LogP contribution in [0.15, 0.2) is 64.7 Å². The molecule has 0 spiro atoms. The molecule has 3 rings (SSSR count). The molecule has 0 aliphatic carbocycles. The fourth-order valence-electron chi connectivity index (χ4n) is 2.22. The normalized spacial score (nSPS) is 11.0. The first-order chi connectivity index (χ1) is 11.7. The average molecular weight is 317 g/mol. The van der Waals surface area contributed by atoms with Gasteiger partial charge in [0.1, 0.15) is 17.3 Å². The van der Waals surface area contributed by atoms with Crippen LogP contribution in [0.4, 0.5) is 0 Å². The van der Waals surface area contributed by atoms with Gasteiger partial charge in [-0.1, -0.05) is 54.6 Å². The molecule has 1 aromatic heterocycles. The Hall–Kier alpha value is -3.72. The van der Waals surface area contributed by atoms with E-state index in [-0.39, 0.29) is 5.69 Å². The van der Waals surface area contributed by atoms with Crippen molar-refractivity contribution in [2.24, 2.45) is 0 Å². The van der Waals surface area contributed by atoms with Crippen LogP contribution >= 0.6 is 0 Å². The van der Waals surface area contributed by atoms with E-state index in [0.29, 0.717) is 11.3 Å². The molecule has 0 amide bonds. The number of rotatable bonds is 4. The molecule has 116 valence electrons. The number of nitriles is 1. The van der Waals surface area contributed by atoms with Crippen LogP contribution in [0.2, 0.25) is 0 Å². The number of hydrogen-bond acceptors (Lipinski definition) is 5. The van der Waals surface area contributed by atoms with Gasteiger partial charge in [0, 0.05) is 10.8 Å². The highest BCUT2D eigenvalue weighted by Gasteiger charge is 2.14. The van der Waals surface area contributed by atoms with Gasteiger partial charge in [-0.25, -0.2) is 4.79 Å². The molecule has 1 heterocycles. The molecule has 1 N–H and O–H groups in total. The third kappa shape index (κ3) is 3.05. The molecule has 0 fully saturated rings. The Labute approximate surface area is 137 Å².